The molecule has 3 N–H and O–H groups in total. The second-order valence-corrected chi connectivity index (χ2v) is 8.46. The molecule has 144 valence electrons. The van der Waals surface area contributed by atoms with Gasteiger partial charge in [-0.25, -0.2) is 5.43 Å². The maximum atomic E-state index is 5.84. The Morgan fingerprint density at radius 3 is 2.52 bits per heavy atom. The van der Waals surface area contributed by atoms with Crippen molar-refractivity contribution in [2.75, 3.05) is 19.7 Å². The quantitative estimate of drug-likeness (QED) is 0.757. The minimum Gasteiger partial charge on any atom is -0.375 e. The molecule has 2 aromatic carbocycles. The first kappa shape index (κ1) is 18.6. The number of rotatable bonds is 5. The van der Waals surface area contributed by atoms with E-state index in [1.54, 1.807) is 0 Å². The van der Waals surface area contributed by atoms with Crippen LogP contribution in [0.4, 0.5) is 0 Å². The van der Waals surface area contributed by atoms with Crippen LogP contribution in [0.25, 0.3) is 11.1 Å². The molecule has 2 aliphatic rings. The number of benzene rings is 2. The van der Waals surface area contributed by atoms with Gasteiger partial charge in [-0.05, 0) is 43.4 Å². The van der Waals surface area contributed by atoms with Gasteiger partial charge in [-0.15, -0.1) is 0 Å². The van der Waals surface area contributed by atoms with Crippen LogP contribution >= 0.6 is 0 Å². The second kappa shape index (κ2) is 8.11. The Balaban J connectivity index is 1.38. The van der Waals surface area contributed by atoms with Crippen molar-refractivity contribution in [3.63, 3.8) is 0 Å². The highest BCUT2D eigenvalue weighted by Gasteiger charge is 2.32. The molecule has 3 unspecified atom stereocenters. The molecule has 0 bridgehead atoms. The van der Waals surface area contributed by atoms with Gasteiger partial charge < -0.3 is 10.1 Å². The fraction of sp³-hybridized carbons (Fsp3) is 0.478. The van der Waals surface area contributed by atoms with Crippen molar-refractivity contribution in [1.82, 2.24) is 16.2 Å². The van der Waals surface area contributed by atoms with Crippen LogP contribution in [0.3, 0.4) is 0 Å². The first-order valence-electron chi connectivity index (χ1n) is 10.1. The molecule has 4 heteroatoms. The van der Waals surface area contributed by atoms with Crippen LogP contribution in [0.2, 0.25) is 0 Å². The van der Waals surface area contributed by atoms with E-state index >= 15 is 0 Å². The number of hydrogen-bond donors (Lipinski definition) is 3. The number of ether oxygens (including phenoxy) is 1. The van der Waals surface area contributed by atoms with E-state index in [1.807, 2.05) is 0 Å². The van der Waals surface area contributed by atoms with Crippen molar-refractivity contribution < 1.29 is 4.74 Å². The van der Waals surface area contributed by atoms with Gasteiger partial charge in [0.15, 0.2) is 0 Å². The first-order valence-corrected chi connectivity index (χ1v) is 10.1. The van der Waals surface area contributed by atoms with Crippen LogP contribution in [0, 0.1) is 5.92 Å². The summed E-state index contributed by atoms with van der Waals surface area (Å²) in [6, 6.07) is 20.4. The SMILES string of the molecule is CC1(C)CC(NCC2CNNC2c2ccc(-c3ccccc3)cc2)CCO1. The summed E-state index contributed by atoms with van der Waals surface area (Å²) < 4.78 is 5.84. The molecule has 0 saturated carbocycles. The van der Waals surface area contributed by atoms with E-state index in [4.69, 9.17) is 4.74 Å². The molecule has 2 heterocycles. The maximum Gasteiger partial charge on any atom is 0.0641 e. The lowest BCUT2D eigenvalue weighted by atomic mass is 9.91. The number of hydrogen-bond acceptors (Lipinski definition) is 4. The van der Waals surface area contributed by atoms with Crippen molar-refractivity contribution in [3.05, 3.63) is 60.2 Å². The topological polar surface area (TPSA) is 45.3 Å². The summed E-state index contributed by atoms with van der Waals surface area (Å²) in [6.45, 7) is 7.25. The summed E-state index contributed by atoms with van der Waals surface area (Å²) in [7, 11) is 0. The van der Waals surface area contributed by atoms with Gasteiger partial charge in [0.05, 0.1) is 11.6 Å². The van der Waals surface area contributed by atoms with Crippen LogP contribution in [0.15, 0.2) is 54.6 Å². The van der Waals surface area contributed by atoms with Crippen LogP contribution in [-0.4, -0.2) is 31.3 Å². The third-order valence-corrected chi connectivity index (χ3v) is 5.84. The largest absolute Gasteiger partial charge is 0.375 e. The van der Waals surface area contributed by atoms with Gasteiger partial charge >= 0.3 is 0 Å². The molecule has 4 nitrogen and oxygen atoms in total. The highest BCUT2D eigenvalue weighted by Crippen LogP contribution is 2.28. The third-order valence-electron chi connectivity index (χ3n) is 5.84. The monoisotopic (exact) mass is 365 g/mol. The van der Waals surface area contributed by atoms with Gasteiger partial charge in [-0.2, -0.15) is 0 Å². The molecule has 0 aromatic heterocycles. The Hall–Kier alpha value is -1.72. The summed E-state index contributed by atoms with van der Waals surface area (Å²) in [5, 5.41) is 3.80. The molecule has 0 amide bonds. The Labute approximate surface area is 162 Å². The van der Waals surface area contributed by atoms with Crippen molar-refractivity contribution >= 4 is 0 Å². The van der Waals surface area contributed by atoms with Crippen LogP contribution < -0.4 is 16.2 Å². The highest BCUT2D eigenvalue weighted by molar-refractivity contribution is 5.63. The average Bonchev–Trinajstić information content (AvgIpc) is 3.15. The average molecular weight is 366 g/mol. The molecule has 3 atom stereocenters. The smallest absolute Gasteiger partial charge is 0.0641 e. The highest BCUT2D eigenvalue weighted by atomic mass is 16.5. The van der Waals surface area contributed by atoms with E-state index in [9.17, 15) is 0 Å². The molecule has 2 fully saturated rings. The van der Waals surface area contributed by atoms with Gasteiger partial charge in [0, 0.05) is 31.7 Å². The van der Waals surface area contributed by atoms with E-state index in [-0.39, 0.29) is 5.60 Å². The summed E-state index contributed by atoms with van der Waals surface area (Å²) in [6.07, 6.45) is 2.18. The zero-order valence-electron chi connectivity index (χ0n) is 16.4. The molecule has 4 rings (SSSR count). The van der Waals surface area contributed by atoms with Gasteiger partial charge in [0.1, 0.15) is 0 Å². The van der Waals surface area contributed by atoms with Gasteiger partial charge in [0.2, 0.25) is 0 Å². The first-order chi connectivity index (χ1) is 13.1. The molecular weight excluding hydrogens is 334 g/mol. The molecule has 2 saturated heterocycles. The standard InChI is InChI=1S/C23H31N3O/c1-23(2)14-21(12-13-27-23)24-15-20-16-25-26-22(20)19-10-8-18(9-11-19)17-6-4-3-5-7-17/h3-11,20-22,24-26H,12-16H2,1-2H3. The molecule has 0 radical (unpaired) electrons. The van der Waals surface area contributed by atoms with Gasteiger partial charge in [-0.3, -0.25) is 5.43 Å². The molecular formula is C23H31N3O. The Bertz CT molecular complexity index is 729. The third kappa shape index (κ3) is 4.58. The van der Waals surface area contributed by atoms with Gasteiger partial charge in [-0.1, -0.05) is 54.6 Å². The molecule has 0 aliphatic carbocycles. The maximum absolute atomic E-state index is 5.84. The summed E-state index contributed by atoms with van der Waals surface area (Å²) in [4.78, 5) is 0. The Morgan fingerprint density at radius 1 is 1.04 bits per heavy atom. The van der Waals surface area contributed by atoms with E-state index in [0.717, 1.165) is 32.5 Å². The van der Waals surface area contributed by atoms with E-state index in [2.05, 4.69) is 84.6 Å². The molecule has 2 aromatic rings. The Kier molecular flexibility index (Phi) is 5.60. The zero-order valence-corrected chi connectivity index (χ0v) is 16.4. The van der Waals surface area contributed by atoms with Crippen molar-refractivity contribution in [3.8, 4) is 11.1 Å². The number of hydrazine groups is 1. The van der Waals surface area contributed by atoms with Crippen molar-refractivity contribution in [1.29, 1.82) is 0 Å². The van der Waals surface area contributed by atoms with E-state index in [0.29, 0.717) is 18.0 Å². The molecule has 0 spiro atoms. The lowest BCUT2D eigenvalue weighted by molar-refractivity contribution is -0.0631. The number of nitrogens with one attached hydrogen (secondary N) is 3. The normalized spacial score (nSPS) is 27.6. The minimum absolute atomic E-state index is 0.00520. The van der Waals surface area contributed by atoms with Crippen molar-refractivity contribution in [2.45, 2.75) is 44.4 Å². The summed E-state index contributed by atoms with van der Waals surface area (Å²) in [5.74, 6) is 0.540. The lowest BCUT2D eigenvalue weighted by Gasteiger charge is -2.36. The summed E-state index contributed by atoms with van der Waals surface area (Å²) in [5.41, 5.74) is 10.7. The van der Waals surface area contributed by atoms with E-state index < -0.39 is 0 Å². The fourth-order valence-electron chi connectivity index (χ4n) is 4.32. The summed E-state index contributed by atoms with van der Waals surface area (Å²) >= 11 is 0. The van der Waals surface area contributed by atoms with Crippen LogP contribution in [0.5, 0.6) is 0 Å². The second-order valence-electron chi connectivity index (χ2n) is 8.46. The molecule has 2 aliphatic heterocycles. The van der Waals surface area contributed by atoms with Gasteiger partial charge in [0.25, 0.3) is 0 Å². The Morgan fingerprint density at radius 2 is 1.78 bits per heavy atom. The van der Waals surface area contributed by atoms with Crippen molar-refractivity contribution in [2.24, 2.45) is 5.92 Å². The van der Waals surface area contributed by atoms with Crippen LogP contribution in [-0.2, 0) is 4.74 Å². The fourth-order valence-corrected chi connectivity index (χ4v) is 4.32. The zero-order chi connectivity index (χ0) is 18.7. The predicted octanol–water partition coefficient (Wildman–Crippen LogP) is 3.67. The van der Waals surface area contributed by atoms with Crippen LogP contribution in [0.1, 0.15) is 38.3 Å². The van der Waals surface area contributed by atoms with E-state index in [1.165, 1.54) is 16.7 Å². The predicted molar refractivity (Wildman–Crippen MR) is 110 cm³/mol. The lowest BCUT2D eigenvalue weighted by Crippen LogP contribution is -2.45. The minimum atomic E-state index is -0.00520. The molecule has 27 heavy (non-hydrogen) atoms.